The zero-order valence-corrected chi connectivity index (χ0v) is 27.3. The third-order valence-electron chi connectivity index (χ3n) is 9.23. The lowest BCUT2D eigenvalue weighted by molar-refractivity contribution is -0.143. The first kappa shape index (κ1) is 37.2. The molecule has 0 amide bonds. The van der Waals surface area contributed by atoms with E-state index < -0.39 is 38.4 Å². The van der Waals surface area contributed by atoms with Gasteiger partial charge in [-0.05, 0) is 80.0 Å². The Hall–Kier alpha value is -4.11. The molecule has 1 aromatic heterocycles. The van der Waals surface area contributed by atoms with Gasteiger partial charge in [0.25, 0.3) is 0 Å². The van der Waals surface area contributed by atoms with E-state index in [2.05, 4.69) is 32.0 Å². The summed E-state index contributed by atoms with van der Waals surface area (Å²) in [7, 11) is -4.62. The zero-order valence-electron chi connectivity index (χ0n) is 26.4. The second-order valence-corrected chi connectivity index (χ2v) is 14.3. The average molecular weight is 723 g/mol. The SMILES string of the molecule is C.O=S(=O)(NCC1CCC(CNc2nc(N3CCN(c4ccccc4)CC3)c3ccccc3n2)CC1)c1cc(C(F)(F)F)cc(C(F)(F)F)c1. The van der Waals surface area contributed by atoms with E-state index in [0.29, 0.717) is 25.3 Å². The van der Waals surface area contributed by atoms with E-state index in [1.54, 1.807) is 0 Å². The maximum atomic E-state index is 13.3. The van der Waals surface area contributed by atoms with Gasteiger partial charge in [-0.3, -0.25) is 0 Å². The van der Waals surface area contributed by atoms with Crippen molar-refractivity contribution in [2.75, 3.05) is 54.4 Å². The number of hydrogen-bond acceptors (Lipinski definition) is 7. The van der Waals surface area contributed by atoms with Crippen LogP contribution < -0.4 is 19.8 Å². The van der Waals surface area contributed by atoms with Gasteiger partial charge < -0.3 is 15.1 Å². The van der Waals surface area contributed by atoms with Crippen LogP contribution in [-0.4, -0.2) is 57.7 Å². The molecule has 2 N–H and O–H groups in total. The lowest BCUT2D eigenvalue weighted by Gasteiger charge is -2.37. The summed E-state index contributed by atoms with van der Waals surface area (Å²) >= 11 is 0. The molecule has 3 aromatic carbocycles. The van der Waals surface area contributed by atoms with Gasteiger partial charge >= 0.3 is 12.4 Å². The lowest BCUT2D eigenvalue weighted by atomic mass is 9.82. The second kappa shape index (κ2) is 15.0. The van der Waals surface area contributed by atoms with Gasteiger partial charge in [0.1, 0.15) is 5.82 Å². The largest absolute Gasteiger partial charge is 0.416 e. The number of aromatic nitrogens is 2. The normalized spacial score (nSPS) is 18.9. The first-order valence-corrected chi connectivity index (χ1v) is 17.6. The molecule has 1 saturated carbocycles. The highest BCUT2D eigenvalue weighted by atomic mass is 32.2. The van der Waals surface area contributed by atoms with E-state index in [4.69, 9.17) is 9.97 Å². The number of fused-ring (bicyclic) bond motifs is 1. The summed E-state index contributed by atoms with van der Waals surface area (Å²) in [4.78, 5) is 13.2. The Morgan fingerprint density at radius 1 is 0.700 bits per heavy atom. The van der Waals surface area contributed by atoms with Gasteiger partial charge in [-0.25, -0.2) is 18.1 Å². The van der Waals surface area contributed by atoms with Gasteiger partial charge in [0.05, 0.1) is 21.5 Å². The Labute approximate surface area is 288 Å². The maximum Gasteiger partial charge on any atom is 0.416 e. The number of rotatable bonds is 9. The highest BCUT2D eigenvalue weighted by Crippen LogP contribution is 2.37. The molecule has 2 heterocycles. The highest BCUT2D eigenvalue weighted by Gasteiger charge is 2.38. The number of para-hydroxylation sites is 2. The zero-order chi connectivity index (χ0) is 34.8. The molecular weight excluding hydrogens is 682 g/mol. The summed E-state index contributed by atoms with van der Waals surface area (Å²) in [6, 6.07) is 18.6. The number of anilines is 3. The third kappa shape index (κ3) is 8.78. The van der Waals surface area contributed by atoms with E-state index in [1.165, 1.54) is 5.69 Å². The van der Waals surface area contributed by atoms with Crippen molar-refractivity contribution < 1.29 is 34.8 Å². The number of sulfonamides is 1. The molecule has 6 rings (SSSR count). The Morgan fingerprint density at radius 3 is 1.84 bits per heavy atom. The standard InChI is InChI=1S/C34H36F6N6O2S.CH4/c35-33(36,37)25-18-26(34(38,39)40)20-28(19-25)49(47,48)42-22-24-12-10-23(11-13-24)21-41-32-43-30-9-5-4-8-29(30)31(44-32)46-16-14-45(15-17-46)27-6-2-1-3-7-27;/h1-9,18-20,23-24,42H,10-17,21-22H2,(H,41,43,44);1H4. The van der Waals surface area contributed by atoms with Crippen LogP contribution in [0.4, 0.5) is 43.8 Å². The molecule has 1 aliphatic heterocycles. The molecular formula is C35H40F6N6O2S. The summed E-state index contributed by atoms with van der Waals surface area (Å²) < 4.78 is 107. The van der Waals surface area contributed by atoms with Gasteiger partial charge in [-0.15, -0.1) is 0 Å². The van der Waals surface area contributed by atoms with Crippen molar-refractivity contribution in [1.82, 2.24) is 14.7 Å². The van der Waals surface area contributed by atoms with Crippen LogP contribution in [0.25, 0.3) is 10.9 Å². The first-order valence-electron chi connectivity index (χ1n) is 16.1. The van der Waals surface area contributed by atoms with Crippen LogP contribution in [0.2, 0.25) is 0 Å². The fourth-order valence-corrected chi connectivity index (χ4v) is 7.65. The van der Waals surface area contributed by atoms with Crippen LogP contribution >= 0.6 is 0 Å². The van der Waals surface area contributed by atoms with E-state index >= 15 is 0 Å². The number of hydrogen-bond donors (Lipinski definition) is 2. The smallest absolute Gasteiger partial charge is 0.368 e. The quantitative estimate of drug-likeness (QED) is 0.170. The molecule has 0 unspecified atom stereocenters. The molecule has 0 radical (unpaired) electrons. The molecule has 1 aliphatic carbocycles. The molecule has 4 aromatic rings. The molecule has 0 atom stereocenters. The Morgan fingerprint density at radius 2 is 1.24 bits per heavy atom. The number of nitrogens with zero attached hydrogens (tertiary/aromatic N) is 4. The van der Waals surface area contributed by atoms with Crippen LogP contribution in [0.1, 0.15) is 44.2 Å². The van der Waals surface area contributed by atoms with E-state index in [1.807, 2.05) is 42.5 Å². The van der Waals surface area contributed by atoms with Gasteiger partial charge in [-0.2, -0.15) is 31.3 Å². The lowest BCUT2D eigenvalue weighted by Crippen LogP contribution is -2.47. The van der Waals surface area contributed by atoms with Crippen LogP contribution in [0.5, 0.6) is 0 Å². The predicted octanol–water partition coefficient (Wildman–Crippen LogP) is 7.83. The van der Waals surface area contributed by atoms with Crippen LogP contribution in [0, 0.1) is 11.8 Å². The third-order valence-corrected chi connectivity index (χ3v) is 10.6. The minimum absolute atomic E-state index is 0. The topological polar surface area (TPSA) is 90.5 Å². The summed E-state index contributed by atoms with van der Waals surface area (Å²) in [6.07, 6.45) is -7.50. The number of piperazine rings is 1. The molecule has 0 bridgehead atoms. The Kier molecular flexibility index (Phi) is 11.2. The van der Waals surface area contributed by atoms with E-state index in [0.717, 1.165) is 55.7 Å². The molecule has 50 heavy (non-hydrogen) atoms. The summed E-state index contributed by atoms with van der Waals surface area (Å²) in [5.41, 5.74) is -1.33. The monoisotopic (exact) mass is 722 g/mol. The molecule has 1 saturated heterocycles. The van der Waals surface area contributed by atoms with E-state index in [-0.39, 0.29) is 44.0 Å². The van der Waals surface area contributed by atoms with Crippen LogP contribution in [0.15, 0.2) is 77.7 Å². The molecule has 2 aliphatic rings. The number of alkyl halides is 6. The average Bonchev–Trinajstić information content (AvgIpc) is 3.09. The molecule has 15 heteroatoms. The number of nitrogens with one attached hydrogen (secondary N) is 2. The van der Waals surface area contributed by atoms with Gasteiger partial charge in [0.2, 0.25) is 16.0 Å². The Balaban J connectivity index is 0.00000486. The van der Waals surface area contributed by atoms with Crippen molar-refractivity contribution in [1.29, 1.82) is 0 Å². The molecule has 0 spiro atoms. The maximum absolute atomic E-state index is 13.3. The fraction of sp³-hybridized carbons (Fsp3) is 0.429. The predicted molar refractivity (Wildman–Crippen MR) is 183 cm³/mol. The summed E-state index contributed by atoms with van der Waals surface area (Å²) in [5, 5.41) is 4.37. The minimum atomic E-state index is -5.14. The fourth-order valence-electron chi connectivity index (χ4n) is 6.46. The first-order chi connectivity index (χ1) is 23.3. The molecule has 8 nitrogen and oxygen atoms in total. The van der Waals surface area contributed by atoms with E-state index in [9.17, 15) is 34.8 Å². The van der Waals surface area contributed by atoms with Gasteiger partial charge in [0.15, 0.2) is 0 Å². The van der Waals surface area contributed by atoms with Gasteiger partial charge in [-0.1, -0.05) is 37.8 Å². The van der Waals surface area contributed by atoms with Crippen LogP contribution in [-0.2, 0) is 22.4 Å². The molecule has 2 fully saturated rings. The second-order valence-electron chi connectivity index (χ2n) is 12.6. The van der Waals surface area contributed by atoms with Crippen LogP contribution in [0.3, 0.4) is 0 Å². The summed E-state index contributed by atoms with van der Waals surface area (Å²) in [5.74, 6) is 1.53. The van der Waals surface area contributed by atoms with Gasteiger partial charge in [0, 0.05) is 50.3 Å². The van der Waals surface area contributed by atoms with Crippen molar-refractivity contribution in [3.8, 4) is 0 Å². The highest BCUT2D eigenvalue weighted by molar-refractivity contribution is 7.89. The molecule has 270 valence electrons. The van der Waals surface area contributed by atoms with Crippen molar-refractivity contribution in [2.24, 2.45) is 11.8 Å². The van der Waals surface area contributed by atoms with Crippen molar-refractivity contribution >= 4 is 38.4 Å². The van der Waals surface area contributed by atoms with Crippen molar-refractivity contribution in [2.45, 2.75) is 50.4 Å². The number of benzene rings is 3. The minimum Gasteiger partial charge on any atom is -0.368 e. The summed E-state index contributed by atoms with van der Waals surface area (Å²) in [6.45, 7) is 3.84. The Bertz CT molecular complexity index is 1830. The number of halogens is 6. The van der Waals surface area contributed by atoms with Crippen molar-refractivity contribution in [3.05, 3.63) is 83.9 Å². The van der Waals surface area contributed by atoms with Crippen molar-refractivity contribution in [3.63, 3.8) is 0 Å².